The van der Waals surface area contributed by atoms with Crippen molar-refractivity contribution in [2.45, 2.75) is 46.1 Å². The van der Waals surface area contributed by atoms with Crippen molar-refractivity contribution in [2.75, 3.05) is 13.1 Å². The van der Waals surface area contributed by atoms with Gasteiger partial charge in [0.25, 0.3) is 0 Å². The normalized spacial score (nSPS) is 20.8. The summed E-state index contributed by atoms with van der Waals surface area (Å²) in [5.74, 6) is 0.716. The lowest BCUT2D eigenvalue weighted by atomic mass is 9.94. The van der Waals surface area contributed by atoms with Gasteiger partial charge < -0.3 is 5.32 Å². The predicted molar refractivity (Wildman–Crippen MR) is 71.6 cm³/mol. The molecule has 0 radical (unpaired) electrons. The minimum Gasteiger partial charge on any atom is -0.316 e. The summed E-state index contributed by atoms with van der Waals surface area (Å²) in [5.41, 5.74) is 2.28. The van der Waals surface area contributed by atoms with Gasteiger partial charge in [-0.2, -0.15) is 5.10 Å². The molecule has 2 rings (SSSR count). The van der Waals surface area contributed by atoms with E-state index in [2.05, 4.69) is 28.9 Å². The van der Waals surface area contributed by atoms with Gasteiger partial charge in [-0.05, 0) is 51.6 Å². The molecule has 1 fully saturated rings. The molecule has 1 saturated heterocycles. The molecule has 0 bridgehead atoms. The zero-order valence-corrected chi connectivity index (χ0v) is 11.6. The Bertz CT molecular complexity index is 367. The molecular weight excluding hydrogens is 234 g/mol. The molecule has 1 aromatic rings. The van der Waals surface area contributed by atoms with E-state index in [-0.39, 0.29) is 0 Å². The van der Waals surface area contributed by atoms with E-state index in [0.29, 0.717) is 5.92 Å². The van der Waals surface area contributed by atoms with Gasteiger partial charge in [-0.1, -0.05) is 18.5 Å². The quantitative estimate of drug-likeness (QED) is 0.897. The molecular formula is C13H22ClN3. The van der Waals surface area contributed by atoms with Crippen molar-refractivity contribution in [1.82, 2.24) is 15.1 Å². The Morgan fingerprint density at radius 2 is 2.29 bits per heavy atom. The summed E-state index contributed by atoms with van der Waals surface area (Å²) in [4.78, 5) is 0. The largest absolute Gasteiger partial charge is 0.316 e. The number of aryl methyl sites for hydroxylation is 2. The summed E-state index contributed by atoms with van der Waals surface area (Å²) in [6.45, 7) is 7.44. The second kappa shape index (κ2) is 5.87. The SMILES string of the molecule is CCc1nn(CC)c(CC2CCCNC2)c1Cl. The van der Waals surface area contributed by atoms with Gasteiger partial charge in [0, 0.05) is 6.54 Å². The lowest BCUT2D eigenvalue weighted by Gasteiger charge is -2.23. The third kappa shape index (κ3) is 2.83. The van der Waals surface area contributed by atoms with Crippen LogP contribution in [0.25, 0.3) is 0 Å². The maximum atomic E-state index is 6.42. The second-order valence-corrected chi connectivity index (χ2v) is 5.17. The molecule has 1 aromatic heterocycles. The van der Waals surface area contributed by atoms with Crippen LogP contribution in [0.3, 0.4) is 0 Å². The van der Waals surface area contributed by atoms with Crippen LogP contribution >= 0.6 is 11.6 Å². The molecule has 1 aliphatic rings. The number of nitrogens with one attached hydrogen (secondary N) is 1. The first-order valence-corrected chi connectivity index (χ1v) is 7.08. The molecule has 1 unspecified atom stereocenters. The molecule has 3 nitrogen and oxygen atoms in total. The van der Waals surface area contributed by atoms with Crippen molar-refractivity contribution in [3.63, 3.8) is 0 Å². The van der Waals surface area contributed by atoms with Gasteiger partial charge in [-0.15, -0.1) is 0 Å². The summed E-state index contributed by atoms with van der Waals surface area (Å²) in [6, 6.07) is 0. The van der Waals surface area contributed by atoms with Crippen molar-refractivity contribution in [3.8, 4) is 0 Å². The van der Waals surface area contributed by atoms with Crippen molar-refractivity contribution >= 4 is 11.6 Å². The minimum atomic E-state index is 0.716. The molecule has 96 valence electrons. The van der Waals surface area contributed by atoms with Crippen LogP contribution in [0.15, 0.2) is 0 Å². The highest BCUT2D eigenvalue weighted by molar-refractivity contribution is 6.31. The highest BCUT2D eigenvalue weighted by Gasteiger charge is 2.20. The number of aromatic nitrogens is 2. The van der Waals surface area contributed by atoms with Gasteiger partial charge in [-0.3, -0.25) is 4.68 Å². The van der Waals surface area contributed by atoms with E-state index in [9.17, 15) is 0 Å². The molecule has 0 amide bonds. The fourth-order valence-electron chi connectivity index (χ4n) is 2.58. The molecule has 17 heavy (non-hydrogen) atoms. The molecule has 0 aromatic carbocycles. The Morgan fingerprint density at radius 1 is 1.47 bits per heavy atom. The Hall–Kier alpha value is -0.540. The molecule has 1 atom stereocenters. The zero-order chi connectivity index (χ0) is 12.3. The van der Waals surface area contributed by atoms with Crippen LogP contribution in [0.2, 0.25) is 5.02 Å². The van der Waals surface area contributed by atoms with Crippen molar-refractivity contribution < 1.29 is 0 Å². The predicted octanol–water partition coefficient (Wildman–Crippen LogP) is 2.66. The van der Waals surface area contributed by atoms with E-state index < -0.39 is 0 Å². The lowest BCUT2D eigenvalue weighted by Crippen LogP contribution is -2.31. The van der Waals surface area contributed by atoms with Crippen LogP contribution in [-0.4, -0.2) is 22.9 Å². The fraction of sp³-hybridized carbons (Fsp3) is 0.769. The molecule has 0 aliphatic carbocycles. The van der Waals surface area contributed by atoms with Gasteiger partial charge in [0.2, 0.25) is 0 Å². The van der Waals surface area contributed by atoms with Crippen LogP contribution in [0.4, 0.5) is 0 Å². The summed E-state index contributed by atoms with van der Waals surface area (Å²) in [7, 11) is 0. The third-order valence-electron chi connectivity index (χ3n) is 3.58. The summed E-state index contributed by atoms with van der Waals surface area (Å²) >= 11 is 6.42. The highest BCUT2D eigenvalue weighted by atomic mass is 35.5. The number of hydrogen-bond donors (Lipinski definition) is 1. The van der Waals surface area contributed by atoms with Crippen LogP contribution < -0.4 is 5.32 Å². The first-order valence-electron chi connectivity index (χ1n) is 6.71. The summed E-state index contributed by atoms with van der Waals surface area (Å²) < 4.78 is 2.08. The van der Waals surface area contributed by atoms with Gasteiger partial charge in [0.05, 0.1) is 16.4 Å². The summed E-state index contributed by atoms with van der Waals surface area (Å²) in [6.07, 6.45) is 4.57. The van der Waals surface area contributed by atoms with Gasteiger partial charge in [0.1, 0.15) is 0 Å². The maximum Gasteiger partial charge on any atom is 0.0849 e. The van der Waals surface area contributed by atoms with Gasteiger partial charge in [-0.25, -0.2) is 0 Å². The second-order valence-electron chi connectivity index (χ2n) is 4.79. The van der Waals surface area contributed by atoms with Crippen molar-refractivity contribution in [2.24, 2.45) is 5.92 Å². The zero-order valence-electron chi connectivity index (χ0n) is 10.8. The Morgan fingerprint density at radius 3 is 2.88 bits per heavy atom. The standard InChI is InChI=1S/C13H22ClN3/c1-3-11-13(14)12(17(4-2)16-11)8-10-6-5-7-15-9-10/h10,15H,3-9H2,1-2H3. The first-order chi connectivity index (χ1) is 8.26. The van der Waals surface area contributed by atoms with Crippen LogP contribution in [0.1, 0.15) is 38.1 Å². The van der Waals surface area contributed by atoms with Gasteiger partial charge in [0.15, 0.2) is 0 Å². The van der Waals surface area contributed by atoms with Gasteiger partial charge >= 0.3 is 0 Å². The Labute approximate surface area is 109 Å². The van der Waals surface area contributed by atoms with Crippen LogP contribution in [-0.2, 0) is 19.4 Å². The summed E-state index contributed by atoms with van der Waals surface area (Å²) in [5, 5.41) is 8.94. The molecule has 2 heterocycles. The number of rotatable bonds is 4. The van der Waals surface area contributed by atoms with Crippen molar-refractivity contribution in [1.29, 1.82) is 0 Å². The molecule has 1 N–H and O–H groups in total. The topological polar surface area (TPSA) is 29.9 Å². The fourth-order valence-corrected chi connectivity index (χ4v) is 2.93. The average Bonchev–Trinajstić information content (AvgIpc) is 2.68. The lowest BCUT2D eigenvalue weighted by molar-refractivity contribution is 0.367. The van der Waals surface area contributed by atoms with E-state index in [0.717, 1.165) is 43.2 Å². The monoisotopic (exact) mass is 255 g/mol. The number of hydrogen-bond acceptors (Lipinski definition) is 2. The van der Waals surface area contributed by atoms with Crippen LogP contribution in [0, 0.1) is 5.92 Å². The highest BCUT2D eigenvalue weighted by Crippen LogP contribution is 2.26. The maximum absolute atomic E-state index is 6.42. The third-order valence-corrected chi connectivity index (χ3v) is 4.01. The molecule has 1 aliphatic heterocycles. The number of piperidine rings is 1. The van der Waals surface area contributed by atoms with E-state index in [1.807, 2.05) is 0 Å². The molecule has 0 saturated carbocycles. The smallest absolute Gasteiger partial charge is 0.0849 e. The van der Waals surface area contributed by atoms with E-state index in [1.54, 1.807) is 0 Å². The molecule has 0 spiro atoms. The first kappa shape index (κ1) is 12.9. The number of halogens is 1. The van der Waals surface area contributed by atoms with E-state index >= 15 is 0 Å². The number of nitrogens with zero attached hydrogens (tertiary/aromatic N) is 2. The van der Waals surface area contributed by atoms with E-state index in [1.165, 1.54) is 18.5 Å². The van der Waals surface area contributed by atoms with Crippen molar-refractivity contribution in [3.05, 3.63) is 16.4 Å². The van der Waals surface area contributed by atoms with Crippen LogP contribution in [0.5, 0.6) is 0 Å². The minimum absolute atomic E-state index is 0.716. The average molecular weight is 256 g/mol. The Kier molecular flexibility index (Phi) is 4.46. The Balaban J connectivity index is 2.15. The van der Waals surface area contributed by atoms with E-state index in [4.69, 9.17) is 11.6 Å². The molecule has 4 heteroatoms.